The summed E-state index contributed by atoms with van der Waals surface area (Å²) in [6, 6.07) is 1.86. The van der Waals surface area contributed by atoms with Gasteiger partial charge in [0.15, 0.2) is 0 Å². The van der Waals surface area contributed by atoms with Crippen molar-refractivity contribution in [3.63, 3.8) is 0 Å². The van der Waals surface area contributed by atoms with Crippen molar-refractivity contribution in [2.45, 2.75) is 60.0 Å². The third-order valence-electron chi connectivity index (χ3n) is 3.70. The number of aromatic nitrogens is 1. The van der Waals surface area contributed by atoms with E-state index in [-0.39, 0.29) is 12.6 Å². The molecule has 0 N–H and O–H groups in total. The molecule has 0 aliphatic rings. The smallest absolute Gasteiger partial charge is 0.316 e. The number of hydrogen-bond donors (Lipinski definition) is 0. The summed E-state index contributed by atoms with van der Waals surface area (Å²) in [6.07, 6.45) is 3.03. The van der Waals surface area contributed by atoms with Crippen LogP contribution >= 0.6 is 15.9 Å². The van der Waals surface area contributed by atoms with Crippen LogP contribution in [0.2, 0.25) is 0 Å². The predicted octanol–water partition coefficient (Wildman–Crippen LogP) is 4.68. The van der Waals surface area contributed by atoms with Gasteiger partial charge in [-0.25, -0.2) is 4.98 Å². The number of nitrogens with zero attached hydrogens (tertiary/aromatic N) is 1. The van der Waals surface area contributed by atoms with Crippen LogP contribution in [0.4, 0.5) is 0 Å². The van der Waals surface area contributed by atoms with Crippen molar-refractivity contribution >= 4 is 21.9 Å². The molecule has 1 aromatic rings. The summed E-state index contributed by atoms with van der Waals surface area (Å²) >= 11 is 3.41. The number of pyridine rings is 1. The van der Waals surface area contributed by atoms with Crippen LogP contribution in [0.5, 0.6) is 5.88 Å². The molecule has 0 aliphatic heterocycles. The van der Waals surface area contributed by atoms with Crippen molar-refractivity contribution in [2.24, 2.45) is 5.41 Å². The topological polar surface area (TPSA) is 48.4 Å². The van der Waals surface area contributed by atoms with E-state index in [1.165, 1.54) is 0 Å². The molecule has 0 spiro atoms. The van der Waals surface area contributed by atoms with Crippen LogP contribution in [-0.4, -0.2) is 23.2 Å². The monoisotopic (exact) mass is 371 g/mol. The van der Waals surface area contributed by atoms with E-state index in [1.54, 1.807) is 6.20 Å². The van der Waals surface area contributed by atoms with Gasteiger partial charge in [0, 0.05) is 16.7 Å². The minimum atomic E-state index is -0.643. The van der Waals surface area contributed by atoms with Crippen molar-refractivity contribution in [1.29, 1.82) is 0 Å². The van der Waals surface area contributed by atoms with Gasteiger partial charge in [-0.3, -0.25) is 4.79 Å². The third kappa shape index (κ3) is 4.97. The summed E-state index contributed by atoms with van der Waals surface area (Å²) in [4.78, 5) is 16.8. The largest absolute Gasteiger partial charge is 0.476 e. The number of hydrogen-bond acceptors (Lipinski definition) is 4. The Bertz CT molecular complexity index is 519. The van der Waals surface area contributed by atoms with Crippen LogP contribution in [0.1, 0.15) is 53.0 Å². The van der Waals surface area contributed by atoms with Gasteiger partial charge in [0.1, 0.15) is 17.6 Å². The molecular formula is C17H26BrNO3. The van der Waals surface area contributed by atoms with Crippen LogP contribution < -0.4 is 4.74 Å². The van der Waals surface area contributed by atoms with E-state index < -0.39 is 11.0 Å². The van der Waals surface area contributed by atoms with Crippen molar-refractivity contribution in [3.05, 3.63) is 22.3 Å². The highest BCUT2D eigenvalue weighted by molar-refractivity contribution is 9.10. The Morgan fingerprint density at radius 1 is 1.27 bits per heavy atom. The average molecular weight is 372 g/mol. The molecule has 1 rings (SSSR count). The highest BCUT2D eigenvalue weighted by Crippen LogP contribution is 2.31. The van der Waals surface area contributed by atoms with Crippen LogP contribution in [0.3, 0.4) is 0 Å². The molecule has 0 saturated heterocycles. The molecule has 22 heavy (non-hydrogen) atoms. The number of carbonyl (C=O) groups is 1. The first kappa shape index (κ1) is 18.9. The first-order valence-electron chi connectivity index (χ1n) is 7.62. The molecule has 0 amide bonds. The van der Waals surface area contributed by atoms with Gasteiger partial charge in [-0.15, -0.1) is 0 Å². The zero-order valence-corrected chi connectivity index (χ0v) is 15.9. The molecule has 1 aromatic heterocycles. The molecule has 0 aromatic carbocycles. The third-order valence-corrected chi connectivity index (χ3v) is 4.53. The maximum atomic E-state index is 12.6. The molecule has 0 aliphatic carbocycles. The first-order valence-corrected chi connectivity index (χ1v) is 8.41. The summed E-state index contributed by atoms with van der Waals surface area (Å²) in [6.45, 7) is 11.8. The van der Waals surface area contributed by atoms with Crippen molar-refractivity contribution in [3.8, 4) is 5.88 Å². The van der Waals surface area contributed by atoms with Gasteiger partial charge in [0.05, 0.1) is 0 Å². The quantitative estimate of drug-likeness (QED) is 0.681. The summed E-state index contributed by atoms with van der Waals surface area (Å²) in [5.41, 5.74) is -0.101. The average Bonchev–Trinajstić information content (AvgIpc) is 2.42. The molecule has 4 nitrogen and oxygen atoms in total. The molecule has 0 fully saturated rings. The lowest BCUT2D eigenvalue weighted by Gasteiger charge is -2.32. The SMILES string of the molecule is CCC(CC)(COc1cc(C)c(Br)cn1)C(=O)OC(C)(C)C. The summed E-state index contributed by atoms with van der Waals surface area (Å²) in [7, 11) is 0. The highest BCUT2D eigenvalue weighted by Gasteiger charge is 2.39. The lowest BCUT2D eigenvalue weighted by atomic mass is 9.83. The lowest BCUT2D eigenvalue weighted by molar-refractivity contribution is -0.170. The van der Waals surface area contributed by atoms with E-state index in [0.717, 1.165) is 10.0 Å². The summed E-state index contributed by atoms with van der Waals surface area (Å²) in [5, 5.41) is 0. The molecular weight excluding hydrogens is 346 g/mol. The maximum absolute atomic E-state index is 12.6. The standard InChI is InChI=1S/C17H26BrNO3/c1-7-17(8-2,15(20)22-16(4,5)6)11-21-14-9-12(3)13(18)10-19-14/h9-10H,7-8,11H2,1-6H3. The van der Waals surface area contributed by atoms with Crippen LogP contribution in [0.25, 0.3) is 0 Å². The van der Waals surface area contributed by atoms with Gasteiger partial charge in [0.2, 0.25) is 5.88 Å². The molecule has 0 saturated carbocycles. The number of ether oxygens (including phenoxy) is 2. The predicted molar refractivity (Wildman–Crippen MR) is 91.0 cm³/mol. The molecule has 0 unspecified atom stereocenters. The fraction of sp³-hybridized carbons (Fsp3) is 0.647. The second kappa shape index (κ2) is 7.44. The van der Waals surface area contributed by atoms with E-state index in [4.69, 9.17) is 9.47 Å². The Hall–Kier alpha value is -1.10. The minimum absolute atomic E-state index is 0.209. The molecule has 124 valence electrons. The summed E-state index contributed by atoms with van der Waals surface area (Å²) in [5.74, 6) is 0.314. The van der Waals surface area contributed by atoms with Gasteiger partial charge in [-0.05, 0) is 62.0 Å². The van der Waals surface area contributed by atoms with Crippen LogP contribution in [0, 0.1) is 12.3 Å². The molecule has 0 bridgehead atoms. The van der Waals surface area contributed by atoms with Gasteiger partial charge >= 0.3 is 5.97 Å². The van der Waals surface area contributed by atoms with Crippen LogP contribution in [-0.2, 0) is 9.53 Å². The van der Waals surface area contributed by atoms with Gasteiger partial charge in [-0.1, -0.05) is 13.8 Å². The van der Waals surface area contributed by atoms with E-state index in [0.29, 0.717) is 18.7 Å². The van der Waals surface area contributed by atoms with Crippen molar-refractivity contribution in [2.75, 3.05) is 6.61 Å². The molecule has 5 heteroatoms. The molecule has 0 atom stereocenters. The Labute approximate surface area is 141 Å². The summed E-state index contributed by atoms with van der Waals surface area (Å²) < 4.78 is 12.3. The number of rotatable bonds is 6. The zero-order valence-electron chi connectivity index (χ0n) is 14.3. The first-order chi connectivity index (χ1) is 10.1. The van der Waals surface area contributed by atoms with Gasteiger partial charge in [-0.2, -0.15) is 0 Å². The Balaban J connectivity index is 2.86. The number of carbonyl (C=O) groups excluding carboxylic acids is 1. The zero-order chi connectivity index (χ0) is 17.0. The van der Waals surface area contributed by atoms with Crippen LogP contribution in [0.15, 0.2) is 16.7 Å². The number of aryl methyl sites for hydroxylation is 1. The fourth-order valence-electron chi connectivity index (χ4n) is 1.99. The van der Waals surface area contributed by atoms with E-state index in [1.807, 2.05) is 47.6 Å². The molecule has 1 heterocycles. The normalized spacial score (nSPS) is 12.1. The second-order valence-corrected chi connectivity index (χ2v) is 7.40. The minimum Gasteiger partial charge on any atom is -0.476 e. The number of esters is 1. The second-order valence-electron chi connectivity index (χ2n) is 6.55. The van der Waals surface area contributed by atoms with Gasteiger partial charge in [0.25, 0.3) is 0 Å². The molecule has 0 radical (unpaired) electrons. The maximum Gasteiger partial charge on any atom is 0.316 e. The van der Waals surface area contributed by atoms with E-state index >= 15 is 0 Å². The fourth-order valence-corrected chi connectivity index (χ4v) is 2.21. The van der Waals surface area contributed by atoms with Crippen molar-refractivity contribution in [1.82, 2.24) is 4.98 Å². The van der Waals surface area contributed by atoms with Crippen molar-refractivity contribution < 1.29 is 14.3 Å². The van der Waals surface area contributed by atoms with Gasteiger partial charge < -0.3 is 9.47 Å². The number of halogens is 1. The van der Waals surface area contributed by atoms with E-state index in [9.17, 15) is 4.79 Å². The lowest BCUT2D eigenvalue weighted by Crippen LogP contribution is -2.41. The highest BCUT2D eigenvalue weighted by atomic mass is 79.9. The van der Waals surface area contributed by atoms with E-state index in [2.05, 4.69) is 20.9 Å². The Morgan fingerprint density at radius 2 is 1.86 bits per heavy atom. The Kier molecular flexibility index (Phi) is 6.41. The Morgan fingerprint density at radius 3 is 2.32 bits per heavy atom.